The fraction of sp³-hybridized carbons (Fsp3) is 0. The Hall–Kier alpha value is -2.28. The van der Waals surface area contributed by atoms with Crippen molar-refractivity contribution in [1.82, 2.24) is 0 Å². The highest BCUT2D eigenvalue weighted by Crippen LogP contribution is 2.07. The highest BCUT2D eigenvalue weighted by molar-refractivity contribution is 7.08. The molecule has 0 amide bonds. The van der Waals surface area contributed by atoms with Crippen LogP contribution in [0, 0.1) is 0 Å². The molecule has 0 aliphatic rings. The van der Waals surface area contributed by atoms with Crippen LogP contribution >= 0.6 is 34.0 Å². The highest BCUT2D eigenvalue weighted by Gasteiger charge is 1.87. The van der Waals surface area contributed by atoms with E-state index in [-0.39, 0.29) is 0 Å². The zero-order valence-electron chi connectivity index (χ0n) is 12.7. The molecule has 3 aromatic heterocycles. The van der Waals surface area contributed by atoms with Gasteiger partial charge in [-0.05, 0) is 62.3 Å². The van der Waals surface area contributed by atoms with Crippen LogP contribution in [-0.2, 0) is 4.79 Å². The average molecular weight is 377 g/mol. The van der Waals surface area contributed by atoms with E-state index in [1.807, 2.05) is 45.1 Å². The first-order chi connectivity index (χ1) is 11.7. The first-order valence-electron chi connectivity index (χ1n) is 6.71. The Bertz CT molecular complexity index is 686. The van der Waals surface area contributed by atoms with E-state index < -0.39 is 5.97 Å². The standard InChI is InChI=1S/C7H6O2S.C6H6S.C5H4OS/c8-7(9)2-1-6-3-4-10-5-6;1-2-6-3-4-7-5-6;6-3-5-1-2-7-4-5/h1-5H,(H,8,9);2-5H,1H2;1-4H/b2-1+;;. The SMILES string of the molecule is C=Cc1ccsc1.O=C(O)/C=C/c1ccsc1.O=Cc1ccsc1. The third kappa shape index (κ3) is 8.99. The molecule has 0 aliphatic heterocycles. The average Bonchev–Trinajstić information content (AvgIpc) is 3.37. The summed E-state index contributed by atoms with van der Waals surface area (Å²) in [6, 6.07) is 5.69. The molecular formula is C18H16O3S3. The molecule has 3 rings (SSSR count). The number of aliphatic carboxylic acids is 1. The second-order valence-corrected chi connectivity index (χ2v) is 6.50. The molecule has 0 radical (unpaired) electrons. The van der Waals surface area contributed by atoms with Crippen molar-refractivity contribution in [3.8, 4) is 0 Å². The van der Waals surface area contributed by atoms with Crippen LogP contribution in [0.1, 0.15) is 21.5 Å². The van der Waals surface area contributed by atoms with Crippen molar-refractivity contribution >= 4 is 58.4 Å². The van der Waals surface area contributed by atoms with Gasteiger partial charge >= 0.3 is 5.97 Å². The van der Waals surface area contributed by atoms with Crippen molar-refractivity contribution < 1.29 is 14.7 Å². The predicted octanol–water partition coefficient (Wildman–Crippen LogP) is 5.80. The van der Waals surface area contributed by atoms with E-state index in [4.69, 9.17) is 5.11 Å². The summed E-state index contributed by atoms with van der Waals surface area (Å²) < 4.78 is 0. The van der Waals surface area contributed by atoms with Crippen molar-refractivity contribution in [1.29, 1.82) is 0 Å². The molecule has 3 heterocycles. The maximum absolute atomic E-state index is 10.0. The Balaban J connectivity index is 0.000000185. The fourth-order valence-corrected chi connectivity index (χ4v) is 3.15. The first-order valence-corrected chi connectivity index (χ1v) is 9.53. The van der Waals surface area contributed by atoms with E-state index in [0.717, 1.165) is 23.5 Å². The minimum atomic E-state index is -0.911. The summed E-state index contributed by atoms with van der Waals surface area (Å²) in [7, 11) is 0. The number of hydrogen-bond acceptors (Lipinski definition) is 5. The largest absolute Gasteiger partial charge is 0.478 e. The molecule has 124 valence electrons. The number of carbonyl (C=O) groups excluding carboxylic acids is 1. The van der Waals surface area contributed by atoms with E-state index in [1.165, 1.54) is 16.9 Å². The Morgan fingerprint density at radius 3 is 1.71 bits per heavy atom. The topological polar surface area (TPSA) is 54.4 Å². The summed E-state index contributed by atoms with van der Waals surface area (Å²) in [6.45, 7) is 3.61. The summed E-state index contributed by atoms with van der Waals surface area (Å²) >= 11 is 4.77. The van der Waals surface area contributed by atoms with Crippen LogP contribution in [0.5, 0.6) is 0 Å². The van der Waals surface area contributed by atoms with Crippen molar-refractivity contribution in [2.45, 2.75) is 0 Å². The second kappa shape index (κ2) is 12.2. The Labute approximate surface area is 152 Å². The predicted molar refractivity (Wildman–Crippen MR) is 105 cm³/mol. The van der Waals surface area contributed by atoms with Crippen LogP contribution in [0.25, 0.3) is 12.2 Å². The molecule has 0 fully saturated rings. The third-order valence-electron chi connectivity index (χ3n) is 2.42. The quantitative estimate of drug-likeness (QED) is 0.462. The molecule has 0 aromatic carbocycles. The minimum absolute atomic E-state index is 0.769. The minimum Gasteiger partial charge on any atom is -0.478 e. The monoisotopic (exact) mass is 376 g/mol. The number of aldehydes is 1. The lowest BCUT2D eigenvalue weighted by molar-refractivity contribution is -0.131. The van der Waals surface area contributed by atoms with Gasteiger partial charge in [0, 0.05) is 17.0 Å². The van der Waals surface area contributed by atoms with Gasteiger partial charge in [0.2, 0.25) is 0 Å². The van der Waals surface area contributed by atoms with Crippen molar-refractivity contribution in [3.05, 3.63) is 79.8 Å². The van der Waals surface area contributed by atoms with E-state index in [2.05, 4.69) is 12.0 Å². The number of rotatable bonds is 4. The van der Waals surface area contributed by atoms with Crippen LogP contribution in [0.3, 0.4) is 0 Å². The van der Waals surface area contributed by atoms with Gasteiger partial charge in [0.1, 0.15) is 0 Å². The van der Waals surface area contributed by atoms with Gasteiger partial charge in [-0.15, -0.1) is 0 Å². The van der Waals surface area contributed by atoms with E-state index in [1.54, 1.807) is 34.8 Å². The molecule has 6 heteroatoms. The van der Waals surface area contributed by atoms with Gasteiger partial charge in [-0.1, -0.05) is 12.7 Å². The number of carboxylic acid groups (broad SMARTS) is 1. The Morgan fingerprint density at radius 2 is 1.42 bits per heavy atom. The Morgan fingerprint density at radius 1 is 0.917 bits per heavy atom. The number of thiophene rings is 3. The maximum atomic E-state index is 10.0. The molecule has 0 bridgehead atoms. The van der Waals surface area contributed by atoms with Gasteiger partial charge in [0.15, 0.2) is 6.29 Å². The lowest BCUT2D eigenvalue weighted by Crippen LogP contribution is -1.84. The summed E-state index contributed by atoms with van der Waals surface area (Å²) in [5, 5.41) is 19.8. The van der Waals surface area contributed by atoms with E-state index >= 15 is 0 Å². The van der Waals surface area contributed by atoms with Gasteiger partial charge in [0.05, 0.1) is 0 Å². The Kier molecular flexibility index (Phi) is 10.0. The molecule has 1 N–H and O–H groups in total. The molecule has 24 heavy (non-hydrogen) atoms. The molecule has 0 atom stereocenters. The van der Waals surface area contributed by atoms with Gasteiger partial charge in [0.25, 0.3) is 0 Å². The number of carbonyl (C=O) groups is 2. The van der Waals surface area contributed by atoms with Gasteiger partial charge < -0.3 is 5.11 Å². The molecular weight excluding hydrogens is 360 g/mol. The molecule has 0 saturated heterocycles. The number of carboxylic acids is 1. The maximum Gasteiger partial charge on any atom is 0.328 e. The summed E-state index contributed by atoms with van der Waals surface area (Å²) in [5.41, 5.74) is 2.92. The molecule has 0 aliphatic carbocycles. The zero-order chi connectivity index (χ0) is 17.6. The van der Waals surface area contributed by atoms with Crippen LogP contribution in [-0.4, -0.2) is 17.4 Å². The highest BCUT2D eigenvalue weighted by atomic mass is 32.1. The molecule has 0 spiro atoms. The third-order valence-corrected chi connectivity index (χ3v) is 4.52. The van der Waals surface area contributed by atoms with E-state index in [0.29, 0.717) is 0 Å². The van der Waals surface area contributed by atoms with Gasteiger partial charge in [-0.3, -0.25) is 4.79 Å². The van der Waals surface area contributed by atoms with Gasteiger partial charge in [-0.25, -0.2) is 4.79 Å². The number of hydrogen-bond donors (Lipinski definition) is 1. The molecule has 0 saturated carbocycles. The summed E-state index contributed by atoms with van der Waals surface area (Å²) in [6.07, 6.45) is 5.38. The first kappa shape index (κ1) is 19.8. The fourth-order valence-electron chi connectivity index (χ4n) is 1.27. The zero-order valence-corrected chi connectivity index (χ0v) is 15.2. The molecule has 3 aromatic rings. The lowest BCUT2D eigenvalue weighted by atomic mass is 10.3. The van der Waals surface area contributed by atoms with Crippen molar-refractivity contribution in [2.24, 2.45) is 0 Å². The van der Waals surface area contributed by atoms with Crippen molar-refractivity contribution in [3.63, 3.8) is 0 Å². The van der Waals surface area contributed by atoms with Crippen LogP contribution in [0.4, 0.5) is 0 Å². The lowest BCUT2D eigenvalue weighted by Gasteiger charge is -1.78. The van der Waals surface area contributed by atoms with Crippen LogP contribution in [0.2, 0.25) is 0 Å². The van der Waals surface area contributed by atoms with Crippen LogP contribution < -0.4 is 0 Å². The van der Waals surface area contributed by atoms with E-state index in [9.17, 15) is 9.59 Å². The van der Waals surface area contributed by atoms with Crippen LogP contribution in [0.15, 0.2) is 63.1 Å². The molecule has 3 nitrogen and oxygen atoms in total. The summed E-state index contributed by atoms with van der Waals surface area (Å²) in [4.78, 5) is 19.9. The van der Waals surface area contributed by atoms with Crippen molar-refractivity contribution in [2.75, 3.05) is 0 Å². The second-order valence-electron chi connectivity index (χ2n) is 4.16. The van der Waals surface area contributed by atoms with Gasteiger partial charge in [-0.2, -0.15) is 34.0 Å². The summed E-state index contributed by atoms with van der Waals surface area (Å²) in [5.74, 6) is -0.911. The molecule has 0 unspecified atom stereocenters. The smallest absolute Gasteiger partial charge is 0.328 e. The normalized spacial score (nSPS) is 9.33.